The van der Waals surface area contributed by atoms with E-state index < -0.39 is 0 Å². The maximum Gasteiger partial charge on any atom is 0.144 e. The van der Waals surface area contributed by atoms with Gasteiger partial charge >= 0.3 is 0 Å². The summed E-state index contributed by atoms with van der Waals surface area (Å²) in [5, 5.41) is 3.39. The van der Waals surface area contributed by atoms with Crippen molar-refractivity contribution in [2.45, 2.75) is 58.8 Å². The second-order valence-electron chi connectivity index (χ2n) is 5.71. The number of nitrogens with one attached hydrogen (secondary N) is 1. The SMILES string of the molecule is CCCNc1nc(C2CCC(C)CC2)nc(C)c1Br. The van der Waals surface area contributed by atoms with Crippen molar-refractivity contribution in [2.24, 2.45) is 5.92 Å². The van der Waals surface area contributed by atoms with Crippen LogP contribution in [0, 0.1) is 12.8 Å². The minimum absolute atomic E-state index is 0.546. The third-order valence-corrected chi connectivity index (χ3v) is 4.91. The zero-order valence-corrected chi connectivity index (χ0v) is 13.8. The molecular formula is C15H24BrN3. The highest BCUT2D eigenvalue weighted by molar-refractivity contribution is 9.10. The molecule has 0 spiro atoms. The van der Waals surface area contributed by atoms with Gasteiger partial charge in [0.1, 0.15) is 11.6 Å². The van der Waals surface area contributed by atoms with Crippen LogP contribution < -0.4 is 5.32 Å². The van der Waals surface area contributed by atoms with Crippen LogP contribution in [-0.2, 0) is 0 Å². The number of hydrogen-bond acceptors (Lipinski definition) is 3. The highest BCUT2D eigenvalue weighted by Crippen LogP contribution is 2.35. The van der Waals surface area contributed by atoms with Crippen molar-refractivity contribution in [3.05, 3.63) is 16.0 Å². The van der Waals surface area contributed by atoms with Gasteiger partial charge in [-0.1, -0.05) is 26.7 Å². The van der Waals surface area contributed by atoms with Gasteiger partial charge in [-0.05, 0) is 48.0 Å². The summed E-state index contributed by atoms with van der Waals surface area (Å²) in [6, 6.07) is 0. The fourth-order valence-corrected chi connectivity index (χ4v) is 2.96. The smallest absolute Gasteiger partial charge is 0.144 e. The van der Waals surface area contributed by atoms with E-state index >= 15 is 0 Å². The summed E-state index contributed by atoms with van der Waals surface area (Å²) in [7, 11) is 0. The van der Waals surface area contributed by atoms with Gasteiger partial charge in [0.2, 0.25) is 0 Å². The van der Waals surface area contributed by atoms with E-state index in [1.807, 2.05) is 0 Å². The van der Waals surface area contributed by atoms with E-state index in [1.54, 1.807) is 0 Å². The molecule has 1 fully saturated rings. The van der Waals surface area contributed by atoms with Gasteiger partial charge in [-0.25, -0.2) is 9.97 Å². The number of hydrogen-bond donors (Lipinski definition) is 1. The Hall–Kier alpha value is -0.640. The lowest BCUT2D eigenvalue weighted by Crippen LogP contribution is -2.15. The number of halogens is 1. The number of nitrogens with zero attached hydrogens (tertiary/aromatic N) is 2. The van der Waals surface area contributed by atoms with Gasteiger partial charge in [0.15, 0.2) is 0 Å². The van der Waals surface area contributed by atoms with Gasteiger partial charge < -0.3 is 5.32 Å². The Morgan fingerprint density at radius 3 is 2.53 bits per heavy atom. The van der Waals surface area contributed by atoms with Gasteiger partial charge in [0.25, 0.3) is 0 Å². The molecule has 1 aromatic rings. The van der Waals surface area contributed by atoms with Crippen molar-refractivity contribution in [1.29, 1.82) is 0 Å². The fourth-order valence-electron chi connectivity index (χ4n) is 2.64. The summed E-state index contributed by atoms with van der Waals surface area (Å²) in [4.78, 5) is 9.44. The summed E-state index contributed by atoms with van der Waals surface area (Å²) in [5.41, 5.74) is 1.04. The molecule has 3 nitrogen and oxygen atoms in total. The Labute approximate surface area is 124 Å². The van der Waals surface area contributed by atoms with Crippen LogP contribution in [0.5, 0.6) is 0 Å². The lowest BCUT2D eigenvalue weighted by Gasteiger charge is -2.25. The van der Waals surface area contributed by atoms with Crippen molar-refractivity contribution in [2.75, 3.05) is 11.9 Å². The number of aryl methyl sites for hydroxylation is 1. The van der Waals surface area contributed by atoms with Crippen molar-refractivity contribution in [1.82, 2.24) is 9.97 Å². The van der Waals surface area contributed by atoms with Crippen LogP contribution in [-0.4, -0.2) is 16.5 Å². The van der Waals surface area contributed by atoms with Crippen LogP contribution in [0.3, 0.4) is 0 Å². The fraction of sp³-hybridized carbons (Fsp3) is 0.733. The zero-order valence-electron chi connectivity index (χ0n) is 12.2. The summed E-state index contributed by atoms with van der Waals surface area (Å²) in [6.45, 7) is 7.52. The molecule has 2 rings (SSSR count). The largest absolute Gasteiger partial charge is 0.369 e. The van der Waals surface area contributed by atoms with Crippen molar-refractivity contribution in [3.8, 4) is 0 Å². The van der Waals surface area contributed by atoms with E-state index in [0.717, 1.165) is 40.7 Å². The Kier molecular flexibility index (Phi) is 5.20. The molecule has 0 unspecified atom stereocenters. The molecular weight excluding hydrogens is 302 g/mol. The molecule has 1 aromatic heterocycles. The molecule has 1 saturated carbocycles. The molecule has 0 radical (unpaired) electrons. The van der Waals surface area contributed by atoms with E-state index in [4.69, 9.17) is 9.97 Å². The van der Waals surface area contributed by atoms with Crippen LogP contribution >= 0.6 is 15.9 Å². The van der Waals surface area contributed by atoms with E-state index in [1.165, 1.54) is 25.7 Å². The Balaban J connectivity index is 2.18. The average Bonchev–Trinajstić information content (AvgIpc) is 2.41. The van der Waals surface area contributed by atoms with Crippen LogP contribution in [0.25, 0.3) is 0 Å². The van der Waals surface area contributed by atoms with Gasteiger partial charge in [-0.2, -0.15) is 0 Å². The third kappa shape index (κ3) is 3.68. The Morgan fingerprint density at radius 2 is 1.89 bits per heavy atom. The van der Waals surface area contributed by atoms with Gasteiger partial charge in [0.05, 0.1) is 10.2 Å². The molecule has 1 heterocycles. The molecule has 0 aromatic carbocycles. The topological polar surface area (TPSA) is 37.8 Å². The van der Waals surface area contributed by atoms with Crippen molar-refractivity contribution >= 4 is 21.7 Å². The molecule has 0 aliphatic heterocycles. The first-order chi connectivity index (χ1) is 9.11. The number of anilines is 1. The van der Waals surface area contributed by atoms with Crippen LogP contribution in [0.4, 0.5) is 5.82 Å². The van der Waals surface area contributed by atoms with Crippen molar-refractivity contribution in [3.63, 3.8) is 0 Å². The summed E-state index contributed by atoms with van der Waals surface area (Å²) >= 11 is 3.59. The van der Waals surface area contributed by atoms with Crippen LogP contribution in [0.1, 0.15) is 63.4 Å². The van der Waals surface area contributed by atoms with E-state index in [-0.39, 0.29) is 0 Å². The maximum absolute atomic E-state index is 4.75. The summed E-state index contributed by atoms with van der Waals surface area (Å²) < 4.78 is 1.01. The van der Waals surface area contributed by atoms with E-state index in [9.17, 15) is 0 Å². The molecule has 106 valence electrons. The van der Waals surface area contributed by atoms with Crippen LogP contribution in [0.2, 0.25) is 0 Å². The highest BCUT2D eigenvalue weighted by atomic mass is 79.9. The highest BCUT2D eigenvalue weighted by Gasteiger charge is 2.23. The monoisotopic (exact) mass is 325 g/mol. The minimum Gasteiger partial charge on any atom is -0.369 e. The van der Waals surface area contributed by atoms with Gasteiger partial charge in [-0.15, -0.1) is 0 Å². The number of rotatable bonds is 4. The van der Waals surface area contributed by atoms with Crippen molar-refractivity contribution < 1.29 is 0 Å². The predicted molar refractivity (Wildman–Crippen MR) is 83.6 cm³/mol. The standard InChI is InChI=1S/C15H24BrN3/c1-4-9-17-15-13(16)11(3)18-14(19-15)12-7-5-10(2)6-8-12/h10,12H,4-9H2,1-3H3,(H,17,18,19). The quantitative estimate of drug-likeness (QED) is 0.874. The average molecular weight is 326 g/mol. The Morgan fingerprint density at radius 1 is 1.21 bits per heavy atom. The lowest BCUT2D eigenvalue weighted by atomic mass is 9.82. The maximum atomic E-state index is 4.75. The molecule has 0 bridgehead atoms. The minimum atomic E-state index is 0.546. The molecule has 1 aliphatic carbocycles. The first-order valence-electron chi connectivity index (χ1n) is 7.39. The second-order valence-corrected chi connectivity index (χ2v) is 6.51. The van der Waals surface area contributed by atoms with E-state index in [0.29, 0.717) is 5.92 Å². The summed E-state index contributed by atoms with van der Waals surface area (Å²) in [5.74, 6) is 3.41. The molecule has 0 saturated heterocycles. The molecule has 1 aliphatic rings. The summed E-state index contributed by atoms with van der Waals surface area (Å²) in [6.07, 6.45) is 6.18. The molecule has 0 amide bonds. The van der Waals surface area contributed by atoms with Crippen LogP contribution in [0.15, 0.2) is 4.47 Å². The van der Waals surface area contributed by atoms with Gasteiger partial charge in [0, 0.05) is 12.5 Å². The molecule has 4 heteroatoms. The zero-order chi connectivity index (χ0) is 13.8. The third-order valence-electron chi connectivity index (χ3n) is 3.96. The first kappa shape index (κ1) is 14.8. The molecule has 0 atom stereocenters. The predicted octanol–water partition coefficient (Wildman–Crippen LogP) is 4.66. The normalized spacial score (nSPS) is 23.4. The second kappa shape index (κ2) is 6.69. The number of aromatic nitrogens is 2. The molecule has 1 N–H and O–H groups in total. The first-order valence-corrected chi connectivity index (χ1v) is 8.19. The Bertz CT molecular complexity index is 426. The van der Waals surface area contributed by atoms with E-state index in [2.05, 4.69) is 42.0 Å². The lowest BCUT2D eigenvalue weighted by molar-refractivity contribution is 0.339. The van der Waals surface area contributed by atoms with Gasteiger partial charge in [-0.3, -0.25) is 0 Å². The molecule has 19 heavy (non-hydrogen) atoms.